The van der Waals surface area contributed by atoms with Crippen LogP contribution in [-0.2, 0) is 24.1 Å². The number of carbonyl (C=O) groups is 1. The van der Waals surface area contributed by atoms with Crippen LogP contribution >= 0.6 is 11.3 Å². The van der Waals surface area contributed by atoms with Crippen LogP contribution in [0.1, 0.15) is 22.6 Å². The third kappa shape index (κ3) is 2.16. The van der Waals surface area contributed by atoms with Gasteiger partial charge < -0.3 is 5.11 Å². The molecule has 0 saturated heterocycles. The number of hydrogen-bond donors (Lipinski definition) is 1. The molecule has 18 heavy (non-hydrogen) atoms. The minimum Gasteiger partial charge on any atom is -0.481 e. The third-order valence-corrected chi connectivity index (χ3v) is 4.36. The van der Waals surface area contributed by atoms with E-state index in [0.717, 1.165) is 29.0 Å². The minimum atomic E-state index is -0.795. The SMILES string of the molecule is O=C(O)Cc1ccc(-c2nc3c(s2)CCC3)cc1. The highest BCUT2D eigenvalue weighted by Gasteiger charge is 2.17. The summed E-state index contributed by atoms with van der Waals surface area (Å²) in [6.07, 6.45) is 3.56. The number of rotatable bonds is 3. The number of benzene rings is 1. The van der Waals surface area contributed by atoms with Gasteiger partial charge in [-0.25, -0.2) is 4.98 Å². The van der Waals surface area contributed by atoms with E-state index < -0.39 is 5.97 Å². The summed E-state index contributed by atoms with van der Waals surface area (Å²) in [5.74, 6) is -0.795. The van der Waals surface area contributed by atoms with Gasteiger partial charge in [0.05, 0.1) is 12.1 Å². The Kier molecular flexibility index (Phi) is 2.88. The molecule has 0 fully saturated rings. The van der Waals surface area contributed by atoms with Crippen molar-refractivity contribution in [1.82, 2.24) is 4.98 Å². The van der Waals surface area contributed by atoms with Crippen LogP contribution < -0.4 is 0 Å². The zero-order chi connectivity index (χ0) is 12.5. The second-order valence-corrected chi connectivity index (χ2v) is 5.59. The molecule has 1 aliphatic carbocycles. The van der Waals surface area contributed by atoms with Gasteiger partial charge in [-0.15, -0.1) is 11.3 Å². The highest BCUT2D eigenvalue weighted by atomic mass is 32.1. The first kappa shape index (κ1) is 11.4. The maximum atomic E-state index is 10.6. The molecule has 0 amide bonds. The average molecular weight is 259 g/mol. The molecule has 0 unspecified atom stereocenters. The molecule has 1 heterocycles. The Morgan fingerprint density at radius 1 is 1.28 bits per heavy atom. The van der Waals surface area contributed by atoms with Gasteiger partial charge in [0.1, 0.15) is 5.01 Å². The Hall–Kier alpha value is -1.68. The van der Waals surface area contributed by atoms with Crippen molar-refractivity contribution in [3.63, 3.8) is 0 Å². The Morgan fingerprint density at radius 2 is 2.06 bits per heavy atom. The molecule has 1 aromatic heterocycles. The van der Waals surface area contributed by atoms with Crippen molar-refractivity contribution in [3.05, 3.63) is 40.4 Å². The monoisotopic (exact) mass is 259 g/mol. The summed E-state index contributed by atoms with van der Waals surface area (Å²) < 4.78 is 0. The Morgan fingerprint density at radius 3 is 2.72 bits per heavy atom. The first-order chi connectivity index (χ1) is 8.72. The van der Waals surface area contributed by atoms with E-state index in [1.807, 2.05) is 24.3 Å². The van der Waals surface area contributed by atoms with Gasteiger partial charge in [0.15, 0.2) is 0 Å². The largest absolute Gasteiger partial charge is 0.481 e. The fraction of sp³-hybridized carbons (Fsp3) is 0.286. The summed E-state index contributed by atoms with van der Waals surface area (Å²) in [6.45, 7) is 0. The van der Waals surface area contributed by atoms with E-state index in [-0.39, 0.29) is 6.42 Å². The summed E-state index contributed by atoms with van der Waals surface area (Å²) >= 11 is 1.77. The maximum absolute atomic E-state index is 10.6. The fourth-order valence-corrected chi connectivity index (χ4v) is 3.41. The van der Waals surface area contributed by atoms with Crippen LogP contribution in [-0.4, -0.2) is 16.1 Å². The highest BCUT2D eigenvalue weighted by molar-refractivity contribution is 7.15. The lowest BCUT2D eigenvalue weighted by Gasteiger charge is -1.99. The number of thiazole rings is 1. The van der Waals surface area contributed by atoms with Gasteiger partial charge in [-0.05, 0) is 24.8 Å². The lowest BCUT2D eigenvalue weighted by Crippen LogP contribution is -1.99. The molecule has 4 heteroatoms. The Labute approximate surface area is 109 Å². The van der Waals surface area contributed by atoms with E-state index in [4.69, 9.17) is 5.11 Å². The second-order valence-electron chi connectivity index (χ2n) is 4.51. The molecule has 0 bridgehead atoms. The normalized spacial score (nSPS) is 13.6. The maximum Gasteiger partial charge on any atom is 0.307 e. The number of carboxylic acids is 1. The molecule has 1 aliphatic rings. The number of fused-ring (bicyclic) bond motifs is 1. The van der Waals surface area contributed by atoms with E-state index >= 15 is 0 Å². The zero-order valence-corrected chi connectivity index (χ0v) is 10.7. The molecule has 0 spiro atoms. The van der Waals surface area contributed by atoms with Crippen molar-refractivity contribution in [1.29, 1.82) is 0 Å². The van der Waals surface area contributed by atoms with Gasteiger partial charge in [-0.1, -0.05) is 24.3 Å². The van der Waals surface area contributed by atoms with Gasteiger partial charge in [-0.3, -0.25) is 4.79 Å². The molecule has 1 aromatic carbocycles. The second kappa shape index (κ2) is 4.53. The fourth-order valence-electron chi connectivity index (χ4n) is 2.25. The Bertz CT molecular complexity index is 565. The van der Waals surface area contributed by atoms with E-state index in [2.05, 4.69) is 4.98 Å². The topological polar surface area (TPSA) is 50.2 Å². The number of aryl methyl sites for hydroxylation is 2. The number of carboxylic acid groups (broad SMARTS) is 1. The first-order valence-corrected chi connectivity index (χ1v) is 6.84. The summed E-state index contributed by atoms with van der Waals surface area (Å²) in [7, 11) is 0. The van der Waals surface area contributed by atoms with Crippen molar-refractivity contribution < 1.29 is 9.90 Å². The highest BCUT2D eigenvalue weighted by Crippen LogP contribution is 2.33. The van der Waals surface area contributed by atoms with Crippen LogP contribution in [0.3, 0.4) is 0 Å². The van der Waals surface area contributed by atoms with E-state index in [1.165, 1.54) is 17.0 Å². The van der Waals surface area contributed by atoms with Crippen molar-refractivity contribution in [2.45, 2.75) is 25.7 Å². The lowest BCUT2D eigenvalue weighted by molar-refractivity contribution is -0.136. The molecule has 92 valence electrons. The van der Waals surface area contributed by atoms with Gasteiger partial charge in [0.25, 0.3) is 0 Å². The van der Waals surface area contributed by atoms with Gasteiger partial charge in [-0.2, -0.15) is 0 Å². The predicted octanol–water partition coefficient (Wildman–Crippen LogP) is 2.93. The molecule has 0 atom stereocenters. The molecular formula is C14H13NO2S. The van der Waals surface area contributed by atoms with Gasteiger partial charge >= 0.3 is 5.97 Å². The number of hydrogen-bond acceptors (Lipinski definition) is 3. The van der Waals surface area contributed by atoms with E-state index in [1.54, 1.807) is 11.3 Å². The van der Waals surface area contributed by atoms with E-state index in [0.29, 0.717) is 0 Å². The van der Waals surface area contributed by atoms with Crippen LogP contribution in [0.15, 0.2) is 24.3 Å². The summed E-state index contributed by atoms with van der Waals surface area (Å²) in [5.41, 5.74) is 3.17. The number of nitrogens with zero attached hydrogens (tertiary/aromatic N) is 1. The lowest BCUT2D eigenvalue weighted by atomic mass is 10.1. The standard InChI is InChI=1S/C14H13NO2S/c16-13(17)8-9-4-6-10(7-5-9)14-15-11-2-1-3-12(11)18-14/h4-7H,1-3,8H2,(H,16,17). The van der Waals surface area contributed by atoms with Gasteiger partial charge in [0.2, 0.25) is 0 Å². The van der Waals surface area contributed by atoms with Gasteiger partial charge in [0, 0.05) is 10.4 Å². The molecule has 0 aliphatic heterocycles. The van der Waals surface area contributed by atoms with E-state index in [9.17, 15) is 4.79 Å². The van der Waals surface area contributed by atoms with Crippen molar-refractivity contribution in [3.8, 4) is 10.6 Å². The minimum absolute atomic E-state index is 0.0780. The summed E-state index contributed by atoms with van der Waals surface area (Å²) in [6, 6.07) is 7.67. The van der Waals surface area contributed by atoms with Crippen molar-refractivity contribution in [2.75, 3.05) is 0 Å². The summed E-state index contributed by atoms with van der Waals surface area (Å²) in [4.78, 5) is 16.7. The molecular weight excluding hydrogens is 246 g/mol. The molecule has 3 nitrogen and oxygen atoms in total. The average Bonchev–Trinajstić information content (AvgIpc) is 2.89. The number of aliphatic carboxylic acids is 1. The van der Waals surface area contributed by atoms with Crippen LogP contribution in [0, 0.1) is 0 Å². The van der Waals surface area contributed by atoms with Crippen LogP contribution in [0.2, 0.25) is 0 Å². The van der Waals surface area contributed by atoms with Crippen LogP contribution in [0.25, 0.3) is 10.6 Å². The zero-order valence-electron chi connectivity index (χ0n) is 9.85. The van der Waals surface area contributed by atoms with Crippen molar-refractivity contribution in [2.24, 2.45) is 0 Å². The van der Waals surface area contributed by atoms with Crippen molar-refractivity contribution >= 4 is 17.3 Å². The molecule has 2 aromatic rings. The summed E-state index contributed by atoms with van der Waals surface area (Å²) in [5, 5.41) is 9.78. The van der Waals surface area contributed by atoms with Crippen LogP contribution in [0.5, 0.6) is 0 Å². The first-order valence-electron chi connectivity index (χ1n) is 6.02. The molecule has 0 saturated carbocycles. The molecule has 1 N–H and O–H groups in total. The third-order valence-electron chi connectivity index (χ3n) is 3.15. The molecule has 3 rings (SSSR count). The van der Waals surface area contributed by atoms with Crippen LogP contribution in [0.4, 0.5) is 0 Å². The predicted molar refractivity (Wildman–Crippen MR) is 70.9 cm³/mol. The molecule has 0 radical (unpaired) electrons. The number of aromatic nitrogens is 1. The Balaban J connectivity index is 1.85. The smallest absolute Gasteiger partial charge is 0.307 e. The quantitative estimate of drug-likeness (QED) is 0.922.